The fourth-order valence-corrected chi connectivity index (χ4v) is 2.24. The van der Waals surface area contributed by atoms with Crippen molar-refractivity contribution in [3.63, 3.8) is 0 Å². The number of carbonyl (C=O) groups is 1. The first-order valence-corrected chi connectivity index (χ1v) is 6.66. The van der Waals surface area contributed by atoms with Crippen LogP contribution in [0.25, 0.3) is 22.1 Å². The molecule has 116 valence electrons. The summed E-state index contributed by atoms with van der Waals surface area (Å²) in [6, 6.07) is 14.2. The molecular formula is C16H11NO6. The van der Waals surface area contributed by atoms with Crippen LogP contribution in [0.1, 0.15) is 0 Å². The van der Waals surface area contributed by atoms with Crippen LogP contribution in [-0.2, 0) is 4.79 Å². The lowest BCUT2D eigenvalue weighted by atomic mass is 10.1. The summed E-state index contributed by atoms with van der Waals surface area (Å²) in [5.74, 6) is -1.62. The lowest BCUT2D eigenvalue weighted by molar-refractivity contribution is -0.548. The predicted octanol–water partition coefficient (Wildman–Crippen LogP) is 3.17. The fraction of sp³-hybridized carbons (Fsp3) is 0.0625. The highest BCUT2D eigenvalue weighted by molar-refractivity contribution is 5.94. The summed E-state index contributed by atoms with van der Waals surface area (Å²) >= 11 is 0. The van der Waals surface area contributed by atoms with Gasteiger partial charge in [-0.15, -0.1) is 0 Å². The largest absolute Gasteiger partial charge is 0.473 e. The van der Waals surface area contributed by atoms with Crippen molar-refractivity contribution in [2.75, 3.05) is 0 Å². The number of nitrogens with zero attached hydrogens (tertiary/aromatic N) is 1. The molecule has 0 saturated heterocycles. The second kappa shape index (κ2) is 5.80. The van der Waals surface area contributed by atoms with Crippen LogP contribution in [0.15, 0.2) is 59.2 Å². The molecule has 1 aromatic heterocycles. The third-order valence-corrected chi connectivity index (χ3v) is 3.28. The zero-order valence-electron chi connectivity index (χ0n) is 11.7. The highest BCUT2D eigenvalue weighted by atomic mass is 16.7. The summed E-state index contributed by atoms with van der Waals surface area (Å²) in [6.07, 6.45) is -0.581. The van der Waals surface area contributed by atoms with E-state index in [1.807, 2.05) is 30.3 Å². The molecule has 1 heterocycles. The van der Waals surface area contributed by atoms with E-state index in [-0.39, 0.29) is 5.75 Å². The quantitative estimate of drug-likeness (QED) is 0.441. The van der Waals surface area contributed by atoms with Gasteiger partial charge in [0.15, 0.2) is 0 Å². The van der Waals surface area contributed by atoms with Crippen molar-refractivity contribution < 1.29 is 24.0 Å². The van der Waals surface area contributed by atoms with Gasteiger partial charge in [-0.05, 0) is 17.7 Å². The number of hydrogen-bond acceptors (Lipinski definition) is 5. The zero-order chi connectivity index (χ0) is 16.4. The normalized spacial score (nSPS) is 12.0. The number of carboxylic acids is 1. The number of nitro groups is 1. The standard InChI is InChI=1S/C16H11NO6/c18-16(19)15(17(20)21)23-11-6-7-12-13(9-22-14(12)8-11)10-4-2-1-3-5-10/h1-9,15H,(H,18,19). The molecule has 0 radical (unpaired) electrons. The van der Waals surface area contributed by atoms with Gasteiger partial charge in [-0.25, -0.2) is 4.79 Å². The highest BCUT2D eigenvalue weighted by Gasteiger charge is 2.31. The van der Waals surface area contributed by atoms with Crippen molar-refractivity contribution >= 4 is 16.9 Å². The topological polar surface area (TPSA) is 103 Å². The first-order chi connectivity index (χ1) is 11.1. The molecule has 2 aromatic carbocycles. The van der Waals surface area contributed by atoms with Gasteiger partial charge in [0, 0.05) is 17.0 Å². The number of hydrogen-bond donors (Lipinski definition) is 1. The Morgan fingerprint density at radius 1 is 1.22 bits per heavy atom. The van der Waals surface area contributed by atoms with Crippen molar-refractivity contribution in [3.05, 3.63) is 64.9 Å². The second-order valence-corrected chi connectivity index (χ2v) is 4.77. The maximum atomic E-state index is 10.8. The molecule has 1 atom stereocenters. The van der Waals surface area contributed by atoms with Gasteiger partial charge in [-0.1, -0.05) is 30.3 Å². The lowest BCUT2D eigenvalue weighted by Gasteiger charge is -2.07. The number of fused-ring (bicyclic) bond motifs is 1. The number of benzene rings is 2. The Bertz CT molecular complexity index is 857. The van der Waals surface area contributed by atoms with Crippen LogP contribution >= 0.6 is 0 Å². The smallest absolute Gasteiger partial charge is 0.451 e. The Labute approximate surface area is 129 Å². The van der Waals surface area contributed by atoms with Crippen LogP contribution in [0, 0.1) is 10.1 Å². The van der Waals surface area contributed by atoms with E-state index >= 15 is 0 Å². The van der Waals surface area contributed by atoms with E-state index in [2.05, 4.69) is 0 Å². The molecule has 0 aliphatic heterocycles. The van der Waals surface area contributed by atoms with Crippen LogP contribution in [0.2, 0.25) is 0 Å². The maximum Gasteiger partial charge on any atom is 0.451 e. The summed E-state index contributed by atoms with van der Waals surface area (Å²) in [5, 5.41) is 20.3. The molecule has 1 unspecified atom stereocenters. The van der Waals surface area contributed by atoms with Gasteiger partial charge in [0.05, 0.1) is 11.2 Å². The van der Waals surface area contributed by atoms with Crippen LogP contribution in [0.4, 0.5) is 0 Å². The van der Waals surface area contributed by atoms with Gasteiger partial charge in [0.2, 0.25) is 0 Å². The summed E-state index contributed by atoms with van der Waals surface area (Å²) < 4.78 is 10.4. The monoisotopic (exact) mass is 313 g/mol. The number of furan rings is 1. The average molecular weight is 313 g/mol. The Balaban J connectivity index is 1.95. The Kier molecular flexibility index (Phi) is 3.68. The molecule has 0 aliphatic rings. The molecular weight excluding hydrogens is 302 g/mol. The third-order valence-electron chi connectivity index (χ3n) is 3.28. The molecule has 7 heteroatoms. The van der Waals surface area contributed by atoms with Gasteiger partial charge in [0.1, 0.15) is 11.3 Å². The number of ether oxygens (including phenoxy) is 1. The molecule has 7 nitrogen and oxygen atoms in total. The van der Waals surface area contributed by atoms with Crippen molar-refractivity contribution in [1.29, 1.82) is 0 Å². The van der Waals surface area contributed by atoms with Crippen LogP contribution in [-0.4, -0.2) is 22.2 Å². The molecule has 0 amide bonds. The minimum absolute atomic E-state index is 0.0514. The summed E-state index contributed by atoms with van der Waals surface area (Å²) in [7, 11) is 0. The minimum atomic E-state index is -2.16. The van der Waals surface area contributed by atoms with Gasteiger partial charge in [-0.3, -0.25) is 10.1 Å². The molecule has 3 aromatic rings. The number of aliphatic carboxylic acids is 1. The number of carboxylic acid groups (broad SMARTS) is 1. The maximum absolute atomic E-state index is 10.8. The summed E-state index contributed by atoms with van der Waals surface area (Å²) in [5.41, 5.74) is 2.29. The van der Waals surface area contributed by atoms with E-state index < -0.39 is 17.1 Å². The van der Waals surface area contributed by atoms with Crippen molar-refractivity contribution in [3.8, 4) is 16.9 Å². The van der Waals surface area contributed by atoms with Crippen molar-refractivity contribution in [2.45, 2.75) is 6.23 Å². The molecule has 0 spiro atoms. The molecule has 3 rings (SSSR count). The second-order valence-electron chi connectivity index (χ2n) is 4.77. The Morgan fingerprint density at radius 2 is 1.96 bits per heavy atom. The van der Waals surface area contributed by atoms with Crippen LogP contribution < -0.4 is 4.74 Å². The van der Waals surface area contributed by atoms with Crippen molar-refractivity contribution in [1.82, 2.24) is 0 Å². The lowest BCUT2D eigenvalue weighted by Crippen LogP contribution is -2.34. The van der Waals surface area contributed by atoms with Gasteiger partial charge in [0.25, 0.3) is 0 Å². The SMILES string of the molecule is O=C(O)C(Oc1ccc2c(-c3ccccc3)coc2c1)[N+](=O)[O-]. The van der Waals surface area contributed by atoms with E-state index in [0.29, 0.717) is 5.58 Å². The average Bonchev–Trinajstić information content (AvgIpc) is 2.96. The molecule has 0 saturated carbocycles. The van der Waals surface area contributed by atoms with Gasteiger partial charge in [-0.2, -0.15) is 0 Å². The molecule has 1 N–H and O–H groups in total. The molecule has 0 aliphatic carbocycles. The van der Waals surface area contributed by atoms with Crippen LogP contribution in [0.3, 0.4) is 0 Å². The highest BCUT2D eigenvalue weighted by Crippen LogP contribution is 2.32. The predicted molar refractivity (Wildman–Crippen MR) is 80.7 cm³/mol. The van der Waals surface area contributed by atoms with E-state index in [1.165, 1.54) is 12.1 Å². The van der Waals surface area contributed by atoms with E-state index in [0.717, 1.165) is 16.5 Å². The first kappa shape index (κ1) is 14.6. The van der Waals surface area contributed by atoms with Gasteiger partial charge >= 0.3 is 12.2 Å². The Hall–Kier alpha value is -3.35. The van der Waals surface area contributed by atoms with E-state index in [4.69, 9.17) is 14.3 Å². The number of rotatable bonds is 5. The molecule has 0 bridgehead atoms. The van der Waals surface area contributed by atoms with Crippen molar-refractivity contribution in [2.24, 2.45) is 0 Å². The minimum Gasteiger partial charge on any atom is -0.473 e. The zero-order valence-corrected chi connectivity index (χ0v) is 11.7. The Morgan fingerprint density at radius 3 is 2.61 bits per heavy atom. The fourth-order valence-electron chi connectivity index (χ4n) is 2.24. The van der Waals surface area contributed by atoms with E-state index in [9.17, 15) is 14.9 Å². The summed E-state index contributed by atoms with van der Waals surface area (Å²) in [6.45, 7) is 0. The third kappa shape index (κ3) is 2.84. The van der Waals surface area contributed by atoms with E-state index in [1.54, 1.807) is 12.3 Å². The molecule has 23 heavy (non-hydrogen) atoms. The van der Waals surface area contributed by atoms with Gasteiger partial charge < -0.3 is 14.3 Å². The molecule has 0 fully saturated rings. The first-order valence-electron chi connectivity index (χ1n) is 6.66. The van der Waals surface area contributed by atoms with Crippen LogP contribution in [0.5, 0.6) is 5.75 Å². The summed E-state index contributed by atoms with van der Waals surface area (Å²) in [4.78, 5) is 20.5.